The first-order valence-electron chi connectivity index (χ1n) is 12.4. The first-order chi connectivity index (χ1) is 17.4. The fourth-order valence-electron chi connectivity index (χ4n) is 5.16. The summed E-state index contributed by atoms with van der Waals surface area (Å²) in [5, 5.41) is 21.1. The molecule has 4 rings (SSSR count). The van der Waals surface area contributed by atoms with Crippen LogP contribution in [0.2, 0.25) is 0 Å². The van der Waals surface area contributed by atoms with Crippen molar-refractivity contribution in [1.29, 1.82) is 0 Å². The SMILES string of the molecule is CC(=O)O.CC(=O)O.CN(C)CC(=O)NC[C@H]1[C@H]2C[C@H](CN(C(=O)[C@@H]3CCCN3)C2)c2cccc(=O)n21. The molecule has 0 spiro atoms. The zero-order chi connectivity index (χ0) is 27.7. The van der Waals surface area contributed by atoms with Gasteiger partial charge >= 0.3 is 0 Å². The summed E-state index contributed by atoms with van der Waals surface area (Å²) in [6, 6.07) is 5.18. The van der Waals surface area contributed by atoms with E-state index in [1.54, 1.807) is 12.1 Å². The monoisotopic (exact) mass is 521 g/mol. The van der Waals surface area contributed by atoms with Crippen molar-refractivity contribution in [3.05, 3.63) is 34.2 Å². The van der Waals surface area contributed by atoms with E-state index in [0.717, 1.165) is 45.3 Å². The third kappa shape index (κ3) is 8.97. The summed E-state index contributed by atoms with van der Waals surface area (Å²) >= 11 is 0. The van der Waals surface area contributed by atoms with Gasteiger partial charge in [0.15, 0.2) is 0 Å². The van der Waals surface area contributed by atoms with Gasteiger partial charge in [-0.2, -0.15) is 0 Å². The molecule has 2 saturated heterocycles. The molecular weight excluding hydrogens is 482 g/mol. The van der Waals surface area contributed by atoms with Crippen molar-refractivity contribution in [3.63, 3.8) is 0 Å². The van der Waals surface area contributed by atoms with Gasteiger partial charge in [-0.25, -0.2) is 0 Å². The average Bonchev–Trinajstić information content (AvgIpc) is 3.32. The highest BCUT2D eigenvalue weighted by Crippen LogP contribution is 2.41. The zero-order valence-corrected chi connectivity index (χ0v) is 22.0. The van der Waals surface area contributed by atoms with Crippen molar-refractivity contribution >= 4 is 23.8 Å². The molecule has 4 heterocycles. The molecule has 1 aromatic rings. The largest absolute Gasteiger partial charge is 0.481 e. The van der Waals surface area contributed by atoms with E-state index >= 15 is 0 Å². The molecule has 12 nitrogen and oxygen atoms in total. The fraction of sp³-hybridized carbons (Fsp3) is 0.640. The molecule has 12 heteroatoms. The van der Waals surface area contributed by atoms with Crippen LogP contribution in [0.1, 0.15) is 50.8 Å². The van der Waals surface area contributed by atoms with Crippen LogP contribution in [0.15, 0.2) is 23.0 Å². The Bertz CT molecular complexity index is 999. The van der Waals surface area contributed by atoms with E-state index in [-0.39, 0.29) is 41.3 Å². The van der Waals surface area contributed by atoms with E-state index < -0.39 is 11.9 Å². The third-order valence-corrected chi connectivity index (χ3v) is 6.44. The number of carboxylic acid groups (broad SMARTS) is 2. The number of carboxylic acids is 2. The van der Waals surface area contributed by atoms with Gasteiger partial charge in [0.1, 0.15) is 0 Å². The number of likely N-dealkylation sites (N-methyl/N-ethyl adjacent to an activating group) is 1. The van der Waals surface area contributed by atoms with E-state index in [4.69, 9.17) is 19.8 Å². The Morgan fingerprint density at radius 1 is 1.11 bits per heavy atom. The number of carbonyl (C=O) groups is 4. The van der Waals surface area contributed by atoms with Crippen molar-refractivity contribution in [1.82, 2.24) is 25.0 Å². The van der Waals surface area contributed by atoms with Crippen LogP contribution in [0.4, 0.5) is 0 Å². The quantitative estimate of drug-likeness (QED) is 0.416. The fourth-order valence-corrected chi connectivity index (χ4v) is 5.16. The highest BCUT2D eigenvalue weighted by molar-refractivity contribution is 5.82. The second kappa shape index (κ2) is 13.9. The average molecular weight is 522 g/mol. The Morgan fingerprint density at radius 3 is 2.32 bits per heavy atom. The van der Waals surface area contributed by atoms with Gasteiger partial charge in [-0.1, -0.05) is 6.07 Å². The lowest BCUT2D eigenvalue weighted by atomic mass is 9.78. The molecule has 3 aliphatic rings. The molecular formula is C25H39N5O7. The molecule has 2 amide bonds. The lowest BCUT2D eigenvalue weighted by molar-refractivity contribution is -0.136. The lowest BCUT2D eigenvalue weighted by Crippen LogP contribution is -2.55. The second-order valence-corrected chi connectivity index (χ2v) is 9.89. The molecule has 1 aromatic heterocycles. The van der Waals surface area contributed by atoms with Crippen LogP contribution in [0.3, 0.4) is 0 Å². The number of fused-ring (bicyclic) bond motifs is 4. The summed E-state index contributed by atoms with van der Waals surface area (Å²) in [5.74, 6) is -1.21. The Morgan fingerprint density at radius 2 is 1.76 bits per heavy atom. The minimum atomic E-state index is -0.833. The second-order valence-electron chi connectivity index (χ2n) is 9.89. The Labute approximate surface area is 216 Å². The zero-order valence-electron chi connectivity index (χ0n) is 22.0. The number of amides is 2. The van der Waals surface area contributed by atoms with Crippen LogP contribution in [-0.4, -0.2) is 101 Å². The van der Waals surface area contributed by atoms with Crippen molar-refractivity contribution in [2.24, 2.45) is 5.92 Å². The van der Waals surface area contributed by atoms with Crippen LogP contribution in [0.25, 0.3) is 0 Å². The third-order valence-electron chi connectivity index (χ3n) is 6.44. The molecule has 0 unspecified atom stereocenters. The number of nitrogens with zero attached hydrogens (tertiary/aromatic N) is 3. The van der Waals surface area contributed by atoms with Gasteiger partial charge in [0, 0.05) is 51.2 Å². The van der Waals surface area contributed by atoms with Crippen molar-refractivity contribution in [2.45, 2.75) is 51.1 Å². The van der Waals surface area contributed by atoms with Crippen LogP contribution >= 0.6 is 0 Å². The number of hydrogen-bond donors (Lipinski definition) is 4. The number of piperidine rings is 1. The number of nitrogens with one attached hydrogen (secondary N) is 2. The summed E-state index contributed by atoms with van der Waals surface area (Å²) in [6.45, 7) is 5.09. The van der Waals surface area contributed by atoms with Gasteiger partial charge in [-0.05, 0) is 51.9 Å². The van der Waals surface area contributed by atoms with Gasteiger partial charge in [0.05, 0.1) is 18.6 Å². The van der Waals surface area contributed by atoms with E-state index in [1.165, 1.54) is 0 Å². The van der Waals surface area contributed by atoms with E-state index in [1.807, 2.05) is 34.5 Å². The number of rotatable bonds is 5. The summed E-state index contributed by atoms with van der Waals surface area (Å²) in [6.07, 6.45) is 2.88. The molecule has 0 radical (unpaired) electrons. The minimum Gasteiger partial charge on any atom is -0.481 e. The Kier molecular flexibility index (Phi) is 11.3. The van der Waals surface area contributed by atoms with E-state index in [2.05, 4.69) is 10.6 Å². The van der Waals surface area contributed by atoms with Crippen molar-refractivity contribution < 1.29 is 29.4 Å². The molecule has 2 fully saturated rings. The normalized spacial score (nSPS) is 23.5. The molecule has 4 N–H and O–H groups in total. The Hall–Kier alpha value is -3.25. The molecule has 0 aliphatic carbocycles. The van der Waals surface area contributed by atoms with Crippen LogP contribution in [0.5, 0.6) is 0 Å². The van der Waals surface area contributed by atoms with Crippen molar-refractivity contribution in [2.75, 3.05) is 46.8 Å². The first-order valence-corrected chi connectivity index (χ1v) is 12.4. The standard InChI is InChI=1S/C21H31N5O3.2C2H4O2/c1-24(2)13-19(27)23-10-18-15-9-14(17-6-3-7-20(28)26(17)18)11-25(12-15)21(29)16-5-4-8-22-16;2*1-2(3)4/h3,6-7,14-16,18,22H,4-5,8-13H2,1-2H3,(H,23,27);2*1H3,(H,3,4)/t14-,15+,16+,18+;;/m1../s1. The maximum Gasteiger partial charge on any atom is 0.300 e. The van der Waals surface area contributed by atoms with Crippen LogP contribution < -0.4 is 16.2 Å². The topological polar surface area (TPSA) is 161 Å². The molecule has 4 atom stereocenters. The number of likely N-dealkylation sites (tertiary alicyclic amines) is 1. The predicted molar refractivity (Wildman–Crippen MR) is 136 cm³/mol. The number of carbonyl (C=O) groups excluding carboxylic acids is 2. The predicted octanol–water partition coefficient (Wildman–Crippen LogP) is -0.0533. The minimum absolute atomic E-state index is 0.0266. The number of hydrogen-bond acceptors (Lipinski definition) is 7. The van der Waals surface area contributed by atoms with Gasteiger partial charge < -0.3 is 35.2 Å². The number of aromatic nitrogens is 1. The van der Waals surface area contributed by atoms with Crippen molar-refractivity contribution in [3.8, 4) is 0 Å². The van der Waals surface area contributed by atoms with Crippen LogP contribution in [-0.2, 0) is 19.2 Å². The van der Waals surface area contributed by atoms with E-state index in [9.17, 15) is 14.4 Å². The van der Waals surface area contributed by atoms with Gasteiger partial charge in [-0.3, -0.25) is 24.0 Å². The van der Waals surface area contributed by atoms with Gasteiger partial charge in [-0.15, -0.1) is 0 Å². The van der Waals surface area contributed by atoms with Gasteiger partial charge in [0.2, 0.25) is 11.8 Å². The highest BCUT2D eigenvalue weighted by Gasteiger charge is 2.43. The number of aliphatic carboxylic acids is 2. The molecule has 2 bridgehead atoms. The molecule has 206 valence electrons. The summed E-state index contributed by atoms with van der Waals surface area (Å²) in [4.78, 5) is 59.7. The molecule has 37 heavy (non-hydrogen) atoms. The van der Waals surface area contributed by atoms with Gasteiger partial charge in [0.25, 0.3) is 17.5 Å². The summed E-state index contributed by atoms with van der Waals surface area (Å²) < 4.78 is 1.87. The number of pyridine rings is 1. The highest BCUT2D eigenvalue weighted by atomic mass is 16.4. The smallest absolute Gasteiger partial charge is 0.300 e. The lowest BCUT2D eigenvalue weighted by Gasteiger charge is -2.47. The molecule has 0 saturated carbocycles. The Balaban J connectivity index is 0.000000530. The maximum atomic E-state index is 13.0. The van der Waals surface area contributed by atoms with E-state index in [0.29, 0.717) is 26.2 Å². The molecule has 0 aromatic carbocycles. The summed E-state index contributed by atoms with van der Waals surface area (Å²) in [5.41, 5.74) is 0.957. The van der Waals surface area contributed by atoms with Crippen LogP contribution in [0, 0.1) is 5.92 Å². The molecule has 3 aliphatic heterocycles. The maximum absolute atomic E-state index is 13.0. The summed E-state index contributed by atoms with van der Waals surface area (Å²) in [7, 11) is 3.71. The first kappa shape index (κ1) is 30.0.